The predicted molar refractivity (Wildman–Crippen MR) is 147 cm³/mol. The molecule has 0 bridgehead atoms. The maximum absolute atomic E-state index is 13.5. The minimum atomic E-state index is -0.647. The largest absolute Gasteiger partial charge is 0.326 e. The third kappa shape index (κ3) is 5.60. The molecule has 2 amide bonds. The zero-order chi connectivity index (χ0) is 26.1. The number of carbonyl (C=O) groups excluding carboxylic acids is 2. The molecular weight excluding hydrogens is 511 g/mol. The Morgan fingerprint density at radius 1 is 1.11 bits per heavy atom. The normalized spacial score (nSPS) is 19.1. The molecule has 2 atom stereocenters. The van der Waals surface area contributed by atoms with E-state index < -0.39 is 5.25 Å². The summed E-state index contributed by atoms with van der Waals surface area (Å²) >= 11 is 7.49. The average molecular weight is 535 g/mol. The van der Waals surface area contributed by atoms with Gasteiger partial charge in [0.15, 0.2) is 5.17 Å². The van der Waals surface area contributed by atoms with E-state index in [4.69, 9.17) is 16.7 Å². The number of carbonyl (C=O) groups is 2. The van der Waals surface area contributed by atoms with Crippen molar-refractivity contribution in [3.05, 3.63) is 99.8 Å². The standard InChI is InChI=1S/C28H24ClFN4O2S/c1-16-6-11-22(12-17(16)2)31-26(35)15-25-27(36)32-28(37-25)34-24(19-4-3-5-20(29)13-19)14-23(33-34)18-7-9-21(30)10-8-18/h3-13,24-25H,14-15H2,1-2H3,(H,31,35)/t24-,25+/m0/s1. The zero-order valence-electron chi connectivity index (χ0n) is 20.2. The van der Waals surface area contributed by atoms with Crippen LogP contribution in [0, 0.1) is 19.7 Å². The molecule has 0 aromatic heterocycles. The lowest BCUT2D eigenvalue weighted by molar-refractivity contribution is -0.121. The smallest absolute Gasteiger partial charge is 0.262 e. The average Bonchev–Trinajstić information content (AvgIpc) is 3.46. The van der Waals surface area contributed by atoms with Crippen LogP contribution in [0.15, 0.2) is 76.8 Å². The summed E-state index contributed by atoms with van der Waals surface area (Å²) in [6, 6.07) is 19.1. The molecule has 188 valence electrons. The van der Waals surface area contributed by atoms with Gasteiger partial charge in [0.2, 0.25) is 5.91 Å². The van der Waals surface area contributed by atoms with Crippen LogP contribution in [0.3, 0.4) is 0 Å². The second-order valence-corrected chi connectivity index (χ2v) is 10.7. The van der Waals surface area contributed by atoms with Crippen molar-refractivity contribution in [1.82, 2.24) is 5.01 Å². The summed E-state index contributed by atoms with van der Waals surface area (Å²) in [6.45, 7) is 3.99. The van der Waals surface area contributed by atoms with Crippen LogP contribution in [0.1, 0.15) is 41.1 Å². The number of amidine groups is 1. The van der Waals surface area contributed by atoms with E-state index in [9.17, 15) is 14.0 Å². The molecule has 0 radical (unpaired) electrons. The van der Waals surface area contributed by atoms with Crippen molar-refractivity contribution in [3.8, 4) is 0 Å². The van der Waals surface area contributed by atoms with Gasteiger partial charge >= 0.3 is 0 Å². The van der Waals surface area contributed by atoms with E-state index in [1.165, 1.54) is 23.9 Å². The molecule has 3 aromatic rings. The van der Waals surface area contributed by atoms with Gasteiger partial charge in [-0.05, 0) is 72.5 Å². The van der Waals surface area contributed by atoms with Crippen LogP contribution in [-0.2, 0) is 9.59 Å². The monoisotopic (exact) mass is 534 g/mol. The van der Waals surface area contributed by atoms with E-state index in [2.05, 4.69) is 10.3 Å². The van der Waals surface area contributed by atoms with Crippen molar-refractivity contribution in [1.29, 1.82) is 0 Å². The number of benzene rings is 3. The highest BCUT2D eigenvalue weighted by molar-refractivity contribution is 8.15. The van der Waals surface area contributed by atoms with Gasteiger partial charge < -0.3 is 5.32 Å². The number of aryl methyl sites for hydroxylation is 2. The summed E-state index contributed by atoms with van der Waals surface area (Å²) in [7, 11) is 0. The molecule has 6 nitrogen and oxygen atoms in total. The summed E-state index contributed by atoms with van der Waals surface area (Å²) < 4.78 is 13.5. The van der Waals surface area contributed by atoms with Crippen LogP contribution < -0.4 is 5.32 Å². The molecule has 2 aliphatic rings. The van der Waals surface area contributed by atoms with Gasteiger partial charge in [0, 0.05) is 23.6 Å². The Morgan fingerprint density at radius 3 is 2.62 bits per heavy atom. The lowest BCUT2D eigenvalue weighted by atomic mass is 9.98. The number of anilines is 1. The van der Waals surface area contributed by atoms with Gasteiger partial charge in [0.25, 0.3) is 5.91 Å². The van der Waals surface area contributed by atoms with Crippen LogP contribution in [0.2, 0.25) is 5.02 Å². The fourth-order valence-electron chi connectivity index (χ4n) is 4.28. The van der Waals surface area contributed by atoms with Crippen LogP contribution >= 0.6 is 23.4 Å². The minimum absolute atomic E-state index is 0.00632. The Hall–Kier alpha value is -3.49. The molecule has 0 spiro atoms. The second kappa shape index (κ2) is 10.5. The Morgan fingerprint density at radius 2 is 1.89 bits per heavy atom. The van der Waals surface area contributed by atoms with Gasteiger partial charge in [-0.3, -0.25) is 9.59 Å². The van der Waals surface area contributed by atoms with Crippen molar-refractivity contribution >= 4 is 51.7 Å². The second-order valence-electron chi connectivity index (χ2n) is 9.06. The summed E-state index contributed by atoms with van der Waals surface area (Å²) in [5.74, 6) is -0.951. The molecule has 9 heteroatoms. The molecule has 0 unspecified atom stereocenters. The maximum Gasteiger partial charge on any atom is 0.262 e. The zero-order valence-corrected chi connectivity index (χ0v) is 21.8. The van der Waals surface area contributed by atoms with E-state index in [-0.39, 0.29) is 30.1 Å². The molecule has 0 fully saturated rings. The highest BCUT2D eigenvalue weighted by Crippen LogP contribution is 2.39. The van der Waals surface area contributed by atoms with Gasteiger partial charge in [0.1, 0.15) is 11.1 Å². The van der Waals surface area contributed by atoms with Gasteiger partial charge in [0.05, 0.1) is 11.8 Å². The van der Waals surface area contributed by atoms with E-state index in [1.807, 2.05) is 50.2 Å². The van der Waals surface area contributed by atoms with Gasteiger partial charge in [-0.2, -0.15) is 10.1 Å². The SMILES string of the molecule is Cc1ccc(NC(=O)C[C@H]2SC(N3N=C(c4ccc(F)cc4)C[C@H]3c3cccc(Cl)c3)=NC2=O)cc1C. The first-order chi connectivity index (χ1) is 17.8. The van der Waals surface area contributed by atoms with Crippen molar-refractivity contribution in [2.45, 2.75) is 38.0 Å². The molecule has 3 aromatic carbocycles. The number of nitrogens with zero attached hydrogens (tertiary/aromatic N) is 3. The lowest BCUT2D eigenvalue weighted by Crippen LogP contribution is -2.25. The topological polar surface area (TPSA) is 74.1 Å². The summed E-state index contributed by atoms with van der Waals surface area (Å²) in [4.78, 5) is 29.8. The van der Waals surface area contributed by atoms with E-state index in [0.717, 1.165) is 28.0 Å². The quantitative estimate of drug-likeness (QED) is 0.418. The van der Waals surface area contributed by atoms with Gasteiger partial charge in [-0.25, -0.2) is 9.40 Å². The number of amides is 2. The highest BCUT2D eigenvalue weighted by atomic mass is 35.5. The van der Waals surface area contributed by atoms with Crippen LogP contribution in [0.4, 0.5) is 10.1 Å². The van der Waals surface area contributed by atoms with Crippen LogP contribution in [0.25, 0.3) is 0 Å². The molecule has 0 saturated heterocycles. The Labute approximate surface area is 223 Å². The fourth-order valence-corrected chi connectivity index (χ4v) is 5.54. The number of rotatable bonds is 5. The Kier molecular flexibility index (Phi) is 7.13. The molecular formula is C28H24ClFN4O2S. The summed E-state index contributed by atoms with van der Waals surface area (Å²) in [5, 5.41) is 9.73. The van der Waals surface area contributed by atoms with Crippen molar-refractivity contribution < 1.29 is 14.0 Å². The maximum atomic E-state index is 13.5. The number of aliphatic imine (C=N–C) groups is 1. The number of thioether (sulfide) groups is 1. The number of hydrazone groups is 1. The molecule has 0 aliphatic carbocycles. The van der Waals surface area contributed by atoms with Crippen LogP contribution in [-0.4, -0.2) is 33.0 Å². The van der Waals surface area contributed by atoms with E-state index in [1.54, 1.807) is 23.2 Å². The van der Waals surface area contributed by atoms with Gasteiger partial charge in [-0.15, -0.1) is 0 Å². The number of nitrogens with one attached hydrogen (secondary N) is 1. The van der Waals surface area contributed by atoms with Crippen molar-refractivity contribution in [2.24, 2.45) is 10.1 Å². The number of hydrogen-bond acceptors (Lipinski definition) is 5. The summed E-state index contributed by atoms with van der Waals surface area (Å²) in [6.07, 6.45) is 0.519. The summed E-state index contributed by atoms with van der Waals surface area (Å²) in [5.41, 5.74) is 5.36. The molecule has 37 heavy (non-hydrogen) atoms. The first-order valence-electron chi connectivity index (χ1n) is 11.8. The number of halogens is 2. The highest BCUT2D eigenvalue weighted by Gasteiger charge is 2.39. The Balaban J connectivity index is 1.35. The first kappa shape index (κ1) is 25.2. The van der Waals surface area contributed by atoms with Crippen molar-refractivity contribution in [2.75, 3.05) is 5.32 Å². The number of hydrogen-bond donors (Lipinski definition) is 1. The minimum Gasteiger partial charge on any atom is -0.326 e. The molecule has 2 heterocycles. The molecule has 2 aliphatic heterocycles. The molecule has 0 saturated carbocycles. The fraction of sp³-hybridized carbons (Fsp3) is 0.214. The molecule has 5 rings (SSSR count). The molecule has 1 N–H and O–H groups in total. The van der Waals surface area contributed by atoms with Crippen molar-refractivity contribution in [3.63, 3.8) is 0 Å². The van der Waals surface area contributed by atoms with Gasteiger partial charge in [-0.1, -0.05) is 53.7 Å². The predicted octanol–water partition coefficient (Wildman–Crippen LogP) is 6.27. The third-order valence-electron chi connectivity index (χ3n) is 6.41. The lowest BCUT2D eigenvalue weighted by Gasteiger charge is -2.23. The third-order valence-corrected chi connectivity index (χ3v) is 7.78. The van der Waals surface area contributed by atoms with E-state index >= 15 is 0 Å². The first-order valence-corrected chi connectivity index (χ1v) is 13.1. The van der Waals surface area contributed by atoms with Crippen LogP contribution in [0.5, 0.6) is 0 Å². The Bertz CT molecular complexity index is 1440. The van der Waals surface area contributed by atoms with E-state index in [0.29, 0.717) is 22.3 Å².